The van der Waals surface area contributed by atoms with E-state index in [1.165, 1.54) is 77.0 Å². The zero-order valence-corrected chi connectivity index (χ0v) is 35.1. The molecule has 0 heterocycles. The SMILES string of the molecule is CCCCC/C=C\C/C=C\CCCCCCCC(=O)O[C@H](COC(=O)CCCCCCCC/C=C\CCCCCCCC)COP(=O)(O)OC[C@@H](O)CO. The first-order valence-corrected chi connectivity index (χ1v) is 22.9. The molecule has 0 saturated carbocycles. The zero-order chi connectivity index (χ0) is 39.8. The molecule has 0 aliphatic heterocycles. The van der Waals surface area contributed by atoms with Gasteiger partial charge in [0.1, 0.15) is 12.7 Å². The molecule has 0 aromatic heterocycles. The van der Waals surface area contributed by atoms with E-state index >= 15 is 0 Å². The first kappa shape index (κ1) is 52.2. The summed E-state index contributed by atoms with van der Waals surface area (Å²) in [6, 6.07) is 0. The summed E-state index contributed by atoms with van der Waals surface area (Å²) < 4.78 is 32.7. The highest BCUT2D eigenvalue weighted by molar-refractivity contribution is 7.47. The molecule has 0 aliphatic carbocycles. The molecule has 0 aromatic rings. The fourth-order valence-corrected chi connectivity index (χ4v) is 6.45. The molecule has 11 heteroatoms. The van der Waals surface area contributed by atoms with Crippen LogP contribution in [-0.2, 0) is 32.7 Å². The third-order valence-corrected chi connectivity index (χ3v) is 9.97. The number of rotatable bonds is 40. The molecule has 0 amide bonds. The van der Waals surface area contributed by atoms with Crippen LogP contribution in [0.15, 0.2) is 36.5 Å². The fourth-order valence-electron chi connectivity index (χ4n) is 5.66. The van der Waals surface area contributed by atoms with Crippen molar-refractivity contribution in [1.82, 2.24) is 0 Å². The summed E-state index contributed by atoms with van der Waals surface area (Å²) in [5, 5.41) is 18.3. The number of hydrogen-bond acceptors (Lipinski definition) is 9. The van der Waals surface area contributed by atoms with E-state index in [0.717, 1.165) is 70.6 Å². The standard InChI is InChI=1S/C43H79O10P/c1-3-5-7-9-11-13-15-17-19-21-22-24-26-28-30-32-34-42(46)50-38-41(39-52-54(48,49)51-37-40(45)36-44)53-43(47)35-33-31-29-27-25-23-20-18-16-14-12-10-8-6-4-2/h12,14,17-20,40-41,44-45H,3-11,13,15-16,21-39H2,1-2H3,(H,48,49)/b14-12-,19-17-,20-18-/t40-,41+/m0/s1. The predicted octanol–water partition coefficient (Wildman–Crippen LogP) is 11.2. The Bertz CT molecular complexity index is 999. The van der Waals surface area contributed by atoms with Crippen molar-refractivity contribution in [3.63, 3.8) is 0 Å². The number of carbonyl (C=O) groups excluding carboxylic acids is 2. The lowest BCUT2D eigenvalue weighted by molar-refractivity contribution is -0.161. The molecule has 0 bridgehead atoms. The number of allylic oxidation sites excluding steroid dienone is 6. The largest absolute Gasteiger partial charge is 0.472 e. The van der Waals surface area contributed by atoms with Crippen molar-refractivity contribution in [2.75, 3.05) is 26.4 Å². The normalized spacial score (nSPS) is 14.2. The number of aliphatic hydroxyl groups excluding tert-OH is 2. The molecule has 3 N–H and O–H groups in total. The summed E-state index contributed by atoms with van der Waals surface area (Å²) in [5.74, 6) is -0.946. The Labute approximate surface area is 329 Å². The lowest BCUT2D eigenvalue weighted by atomic mass is 10.1. The van der Waals surface area contributed by atoms with Gasteiger partial charge < -0.3 is 24.6 Å². The second-order valence-corrected chi connectivity index (χ2v) is 15.8. The number of hydrogen-bond donors (Lipinski definition) is 3. The summed E-state index contributed by atoms with van der Waals surface area (Å²) in [7, 11) is -4.62. The van der Waals surface area contributed by atoms with E-state index in [0.29, 0.717) is 12.8 Å². The summed E-state index contributed by atoms with van der Waals surface area (Å²) in [5.41, 5.74) is 0. The zero-order valence-electron chi connectivity index (χ0n) is 34.2. The van der Waals surface area contributed by atoms with Crippen LogP contribution in [-0.4, -0.2) is 65.7 Å². The summed E-state index contributed by atoms with van der Waals surface area (Å²) >= 11 is 0. The Morgan fingerprint density at radius 3 is 1.48 bits per heavy atom. The number of phosphoric ester groups is 1. The Balaban J connectivity index is 4.33. The molecule has 316 valence electrons. The van der Waals surface area contributed by atoms with Gasteiger partial charge in [-0.05, 0) is 70.6 Å². The van der Waals surface area contributed by atoms with Gasteiger partial charge in [-0.15, -0.1) is 0 Å². The number of ether oxygens (including phenoxy) is 2. The number of esters is 2. The summed E-state index contributed by atoms with van der Waals surface area (Å²) in [6.45, 7) is 2.33. The van der Waals surface area contributed by atoms with Gasteiger partial charge in [0.25, 0.3) is 0 Å². The molecule has 1 unspecified atom stereocenters. The van der Waals surface area contributed by atoms with E-state index in [1.54, 1.807) is 0 Å². The smallest absolute Gasteiger partial charge is 0.462 e. The van der Waals surface area contributed by atoms with Crippen molar-refractivity contribution in [3.8, 4) is 0 Å². The molecule has 0 saturated heterocycles. The van der Waals surface area contributed by atoms with E-state index in [4.69, 9.17) is 19.1 Å². The molecule has 0 aromatic carbocycles. The van der Waals surface area contributed by atoms with Crippen LogP contribution in [0.4, 0.5) is 0 Å². The van der Waals surface area contributed by atoms with Crippen LogP contribution in [0, 0.1) is 0 Å². The van der Waals surface area contributed by atoms with Gasteiger partial charge in [-0.3, -0.25) is 18.6 Å². The quantitative estimate of drug-likeness (QED) is 0.0237. The molecule has 0 aliphatic rings. The van der Waals surface area contributed by atoms with Gasteiger partial charge in [0, 0.05) is 12.8 Å². The van der Waals surface area contributed by atoms with Crippen LogP contribution < -0.4 is 0 Å². The van der Waals surface area contributed by atoms with Gasteiger partial charge in [-0.2, -0.15) is 0 Å². The average Bonchev–Trinajstić information content (AvgIpc) is 3.16. The van der Waals surface area contributed by atoms with E-state index in [9.17, 15) is 24.2 Å². The van der Waals surface area contributed by atoms with Gasteiger partial charge >= 0.3 is 19.8 Å². The fraction of sp³-hybridized carbons (Fsp3) is 0.814. The van der Waals surface area contributed by atoms with Crippen molar-refractivity contribution >= 4 is 19.8 Å². The maximum atomic E-state index is 12.6. The van der Waals surface area contributed by atoms with Crippen molar-refractivity contribution in [1.29, 1.82) is 0 Å². The maximum absolute atomic E-state index is 12.6. The molecule has 0 rings (SSSR count). The van der Waals surface area contributed by atoms with E-state index in [1.807, 2.05) is 0 Å². The Morgan fingerprint density at radius 1 is 0.556 bits per heavy atom. The van der Waals surface area contributed by atoms with Crippen molar-refractivity contribution in [3.05, 3.63) is 36.5 Å². The van der Waals surface area contributed by atoms with Gasteiger partial charge in [0.2, 0.25) is 0 Å². The Morgan fingerprint density at radius 2 is 0.963 bits per heavy atom. The Kier molecular flexibility index (Phi) is 38.1. The third kappa shape index (κ3) is 38.5. The minimum Gasteiger partial charge on any atom is -0.462 e. The van der Waals surface area contributed by atoms with Gasteiger partial charge in [0.15, 0.2) is 6.10 Å². The highest BCUT2D eigenvalue weighted by atomic mass is 31.2. The van der Waals surface area contributed by atoms with Crippen LogP contribution in [0.25, 0.3) is 0 Å². The van der Waals surface area contributed by atoms with Gasteiger partial charge in [0.05, 0.1) is 19.8 Å². The molecule has 54 heavy (non-hydrogen) atoms. The minimum absolute atomic E-state index is 0.167. The van der Waals surface area contributed by atoms with E-state index in [-0.39, 0.29) is 19.4 Å². The van der Waals surface area contributed by atoms with E-state index < -0.39 is 51.8 Å². The predicted molar refractivity (Wildman–Crippen MR) is 219 cm³/mol. The van der Waals surface area contributed by atoms with Crippen molar-refractivity contribution < 1.29 is 47.8 Å². The lowest BCUT2D eigenvalue weighted by Gasteiger charge is -2.20. The van der Waals surface area contributed by atoms with Gasteiger partial charge in [-0.25, -0.2) is 4.57 Å². The second-order valence-electron chi connectivity index (χ2n) is 14.4. The Hall–Kier alpha value is -1.81. The summed E-state index contributed by atoms with van der Waals surface area (Å²) in [6.07, 6.45) is 39.6. The second kappa shape index (κ2) is 39.4. The monoisotopic (exact) mass is 787 g/mol. The number of phosphoric acid groups is 1. The maximum Gasteiger partial charge on any atom is 0.472 e. The van der Waals surface area contributed by atoms with Crippen LogP contribution in [0.3, 0.4) is 0 Å². The third-order valence-electron chi connectivity index (χ3n) is 9.02. The lowest BCUT2D eigenvalue weighted by Crippen LogP contribution is -2.29. The van der Waals surface area contributed by atoms with E-state index in [2.05, 4.69) is 54.8 Å². The molecule has 10 nitrogen and oxygen atoms in total. The average molecular weight is 787 g/mol. The molecular weight excluding hydrogens is 707 g/mol. The van der Waals surface area contributed by atoms with Crippen LogP contribution in [0.2, 0.25) is 0 Å². The number of unbranched alkanes of at least 4 members (excludes halogenated alkanes) is 20. The highest BCUT2D eigenvalue weighted by Gasteiger charge is 2.27. The van der Waals surface area contributed by atoms with Crippen molar-refractivity contribution in [2.24, 2.45) is 0 Å². The van der Waals surface area contributed by atoms with Crippen LogP contribution in [0.5, 0.6) is 0 Å². The molecule has 0 radical (unpaired) electrons. The van der Waals surface area contributed by atoms with Crippen molar-refractivity contribution in [2.45, 2.75) is 199 Å². The number of carbonyl (C=O) groups is 2. The summed E-state index contributed by atoms with van der Waals surface area (Å²) in [4.78, 5) is 35.0. The molecule has 3 atom stereocenters. The van der Waals surface area contributed by atoms with Gasteiger partial charge in [-0.1, -0.05) is 140 Å². The topological polar surface area (TPSA) is 149 Å². The molecule has 0 fully saturated rings. The molecular formula is C43H79O10P. The number of aliphatic hydroxyl groups is 2. The minimum atomic E-state index is -4.62. The van der Waals surface area contributed by atoms with Crippen LogP contribution >= 0.6 is 7.82 Å². The first-order valence-electron chi connectivity index (χ1n) is 21.4. The highest BCUT2D eigenvalue weighted by Crippen LogP contribution is 2.43. The molecule has 0 spiro atoms. The first-order chi connectivity index (χ1) is 26.2. The van der Waals surface area contributed by atoms with Crippen LogP contribution in [0.1, 0.15) is 187 Å².